The van der Waals surface area contributed by atoms with Gasteiger partial charge in [0.05, 0.1) is 22.9 Å². The van der Waals surface area contributed by atoms with E-state index < -0.39 is 17.5 Å². The molecule has 5 nitrogen and oxygen atoms in total. The number of pyridine rings is 1. The third-order valence-electron chi connectivity index (χ3n) is 2.99. The monoisotopic (exact) mass is 353 g/mol. The first-order chi connectivity index (χ1) is 11.4. The molecule has 24 heavy (non-hydrogen) atoms. The number of benzene rings is 1. The summed E-state index contributed by atoms with van der Waals surface area (Å²) < 4.78 is 27.7. The molecule has 0 aliphatic carbocycles. The van der Waals surface area contributed by atoms with Crippen molar-refractivity contribution in [2.75, 3.05) is 11.9 Å². The zero-order chi connectivity index (χ0) is 17.7. The van der Waals surface area contributed by atoms with Crippen LogP contribution in [0, 0.1) is 18.6 Å². The fraction of sp³-hybridized carbons (Fsp3) is 0.125. The molecule has 8 heteroatoms. The molecule has 0 bridgehead atoms. The molecule has 1 aromatic carbocycles. The summed E-state index contributed by atoms with van der Waals surface area (Å²) in [6, 6.07) is 3.59. The number of carbonyl (C=O) groups is 1. The van der Waals surface area contributed by atoms with Crippen molar-refractivity contribution in [3.05, 3.63) is 64.8 Å². The van der Waals surface area contributed by atoms with Crippen molar-refractivity contribution in [1.29, 1.82) is 0 Å². The quantitative estimate of drug-likeness (QED) is 0.469. The second-order valence-electron chi connectivity index (χ2n) is 4.76. The Kier molecular flexibility index (Phi) is 5.83. The van der Waals surface area contributed by atoms with Gasteiger partial charge in [-0.15, -0.1) is 6.58 Å². The second-order valence-corrected chi connectivity index (χ2v) is 5.20. The largest absolute Gasteiger partial charge is 0.337 e. The lowest BCUT2D eigenvalue weighted by molar-refractivity contribution is 0.0422. The highest BCUT2D eigenvalue weighted by molar-refractivity contribution is 6.30. The number of amides is 1. The summed E-state index contributed by atoms with van der Waals surface area (Å²) in [7, 11) is 0. The minimum atomic E-state index is -1.21. The van der Waals surface area contributed by atoms with Gasteiger partial charge in [-0.05, 0) is 30.7 Å². The topological polar surface area (TPSA) is 63.2 Å². The van der Waals surface area contributed by atoms with E-state index in [4.69, 9.17) is 16.4 Å². The molecule has 2 N–H and O–H groups in total. The summed E-state index contributed by atoms with van der Waals surface area (Å²) >= 11 is 5.82. The van der Waals surface area contributed by atoms with Gasteiger partial charge in [-0.25, -0.2) is 19.2 Å². The van der Waals surface area contributed by atoms with Gasteiger partial charge in [0.25, 0.3) is 5.91 Å². The first-order valence-corrected chi connectivity index (χ1v) is 7.22. The van der Waals surface area contributed by atoms with Crippen LogP contribution in [0.1, 0.15) is 15.9 Å². The Morgan fingerprint density at radius 2 is 2.21 bits per heavy atom. The van der Waals surface area contributed by atoms with E-state index in [9.17, 15) is 13.6 Å². The number of hydrogen-bond acceptors (Lipinski definition) is 4. The zero-order valence-electron chi connectivity index (χ0n) is 12.7. The number of hydrogen-bond donors (Lipinski definition) is 2. The van der Waals surface area contributed by atoms with Crippen molar-refractivity contribution in [3.8, 4) is 0 Å². The van der Waals surface area contributed by atoms with Crippen LogP contribution in [0.15, 0.2) is 37.1 Å². The third-order valence-corrected chi connectivity index (χ3v) is 3.20. The normalized spacial score (nSPS) is 10.3. The van der Waals surface area contributed by atoms with Gasteiger partial charge >= 0.3 is 0 Å². The molecule has 0 unspecified atom stereocenters. The Labute approximate surface area is 142 Å². The summed E-state index contributed by atoms with van der Waals surface area (Å²) in [5, 5.41) is 3.02. The fourth-order valence-corrected chi connectivity index (χ4v) is 2.09. The molecule has 0 atom stereocenters. The number of rotatable bonds is 6. The van der Waals surface area contributed by atoms with Gasteiger partial charge in [-0.2, -0.15) is 0 Å². The van der Waals surface area contributed by atoms with Crippen molar-refractivity contribution < 1.29 is 18.4 Å². The van der Waals surface area contributed by atoms with Crippen molar-refractivity contribution in [1.82, 2.24) is 10.5 Å². The van der Waals surface area contributed by atoms with E-state index in [2.05, 4.69) is 22.4 Å². The van der Waals surface area contributed by atoms with E-state index in [0.29, 0.717) is 10.6 Å². The van der Waals surface area contributed by atoms with Crippen LogP contribution in [0.2, 0.25) is 5.02 Å². The molecule has 0 aliphatic heterocycles. The Morgan fingerprint density at radius 1 is 1.46 bits per heavy atom. The van der Waals surface area contributed by atoms with E-state index >= 15 is 0 Å². The molecule has 0 saturated heterocycles. The van der Waals surface area contributed by atoms with E-state index in [1.54, 1.807) is 13.0 Å². The molecule has 0 saturated carbocycles. The molecule has 2 aromatic rings. The van der Waals surface area contributed by atoms with Crippen LogP contribution in [0.5, 0.6) is 0 Å². The van der Waals surface area contributed by atoms with Gasteiger partial charge in [0.2, 0.25) is 0 Å². The standard InChI is InChI=1S/C16H14ClF2N3O2/c1-3-6-24-22-16(23)11-4-5-12(18)13(19)14(11)21-15-9(2)7-10(17)8-20-15/h3-5,7-8H,1,6H2,2H3,(H,20,21)(H,22,23). The van der Waals surface area contributed by atoms with Crippen LogP contribution in [-0.4, -0.2) is 17.5 Å². The Balaban J connectivity index is 2.38. The van der Waals surface area contributed by atoms with E-state index in [-0.39, 0.29) is 23.7 Å². The Bertz CT molecular complexity index is 784. The zero-order valence-corrected chi connectivity index (χ0v) is 13.5. The van der Waals surface area contributed by atoms with Gasteiger partial charge in [-0.1, -0.05) is 17.7 Å². The maximum atomic E-state index is 14.2. The van der Waals surface area contributed by atoms with Crippen LogP contribution in [0.3, 0.4) is 0 Å². The first kappa shape index (κ1) is 17.8. The summed E-state index contributed by atoms with van der Waals surface area (Å²) in [4.78, 5) is 20.9. The molecular weight excluding hydrogens is 340 g/mol. The average molecular weight is 354 g/mol. The minimum absolute atomic E-state index is 0.0655. The van der Waals surface area contributed by atoms with E-state index in [1.807, 2.05) is 0 Å². The van der Waals surface area contributed by atoms with Crippen molar-refractivity contribution in [2.24, 2.45) is 0 Å². The van der Waals surface area contributed by atoms with E-state index in [0.717, 1.165) is 12.1 Å². The van der Waals surface area contributed by atoms with Crippen LogP contribution in [0.4, 0.5) is 20.3 Å². The second kappa shape index (κ2) is 7.85. The third kappa shape index (κ3) is 4.06. The molecule has 0 fully saturated rings. The van der Waals surface area contributed by atoms with Gasteiger partial charge in [0.15, 0.2) is 11.6 Å². The minimum Gasteiger partial charge on any atom is -0.337 e. The summed E-state index contributed by atoms with van der Waals surface area (Å²) in [6.07, 6.45) is 2.77. The molecule has 1 heterocycles. The number of hydroxylamine groups is 1. The lowest BCUT2D eigenvalue weighted by Gasteiger charge is -2.14. The molecular formula is C16H14ClF2N3O2. The highest BCUT2D eigenvalue weighted by Crippen LogP contribution is 2.27. The summed E-state index contributed by atoms with van der Waals surface area (Å²) in [5.41, 5.74) is 2.21. The molecule has 1 aromatic heterocycles. The highest BCUT2D eigenvalue weighted by atomic mass is 35.5. The predicted molar refractivity (Wildman–Crippen MR) is 87.2 cm³/mol. The summed E-state index contributed by atoms with van der Waals surface area (Å²) in [6.45, 7) is 5.18. The van der Waals surface area contributed by atoms with Crippen LogP contribution in [-0.2, 0) is 4.84 Å². The van der Waals surface area contributed by atoms with Crippen molar-refractivity contribution >= 4 is 29.0 Å². The molecule has 0 spiro atoms. The van der Waals surface area contributed by atoms with Gasteiger partial charge in [-0.3, -0.25) is 9.63 Å². The Morgan fingerprint density at radius 3 is 2.88 bits per heavy atom. The predicted octanol–water partition coefficient (Wildman–Crippen LogP) is 3.91. The maximum Gasteiger partial charge on any atom is 0.277 e. The van der Waals surface area contributed by atoms with Gasteiger partial charge in [0.1, 0.15) is 5.82 Å². The smallest absolute Gasteiger partial charge is 0.277 e. The highest BCUT2D eigenvalue weighted by Gasteiger charge is 2.20. The van der Waals surface area contributed by atoms with Gasteiger partial charge < -0.3 is 5.32 Å². The molecule has 126 valence electrons. The van der Waals surface area contributed by atoms with Crippen molar-refractivity contribution in [3.63, 3.8) is 0 Å². The molecule has 0 aliphatic rings. The fourth-order valence-electron chi connectivity index (χ4n) is 1.87. The molecule has 1 amide bonds. The Hall–Kier alpha value is -2.51. The van der Waals surface area contributed by atoms with Crippen molar-refractivity contribution in [2.45, 2.75) is 6.92 Å². The van der Waals surface area contributed by atoms with Crippen LogP contribution < -0.4 is 10.8 Å². The number of aryl methyl sites for hydroxylation is 1. The summed E-state index contributed by atoms with van der Waals surface area (Å²) in [5.74, 6) is -2.81. The number of anilines is 2. The number of aromatic nitrogens is 1. The lowest BCUT2D eigenvalue weighted by atomic mass is 10.1. The maximum absolute atomic E-state index is 14.2. The molecule has 2 rings (SSSR count). The van der Waals surface area contributed by atoms with Crippen LogP contribution >= 0.6 is 11.6 Å². The first-order valence-electron chi connectivity index (χ1n) is 6.84. The van der Waals surface area contributed by atoms with Crippen LogP contribution in [0.25, 0.3) is 0 Å². The average Bonchev–Trinajstić information content (AvgIpc) is 2.54. The lowest BCUT2D eigenvalue weighted by Crippen LogP contribution is -2.25. The number of carbonyl (C=O) groups excluding carboxylic acids is 1. The SMILES string of the molecule is C=CCONC(=O)c1ccc(F)c(F)c1Nc1ncc(Cl)cc1C. The number of nitrogens with one attached hydrogen (secondary N) is 2. The number of halogens is 3. The molecule has 0 radical (unpaired) electrons. The van der Waals surface area contributed by atoms with E-state index in [1.165, 1.54) is 12.3 Å². The van der Waals surface area contributed by atoms with Gasteiger partial charge in [0, 0.05) is 6.20 Å². The number of nitrogens with zero attached hydrogens (tertiary/aromatic N) is 1.